The highest BCUT2D eigenvalue weighted by Gasteiger charge is 2.49. The molecule has 0 saturated carbocycles. The minimum absolute atomic E-state index is 0.174. The molecule has 0 radical (unpaired) electrons. The van der Waals surface area contributed by atoms with Crippen molar-refractivity contribution in [3.8, 4) is 11.4 Å². The lowest BCUT2D eigenvalue weighted by Crippen LogP contribution is -2.59. The highest BCUT2D eigenvalue weighted by Crippen LogP contribution is 2.30. The Kier molecular flexibility index (Phi) is 11.4. The number of carboxylic acids is 1. The lowest BCUT2D eigenvalue weighted by Gasteiger charge is -2.37. The quantitative estimate of drug-likeness (QED) is 0.137. The molecule has 0 aliphatic carbocycles. The Morgan fingerprint density at radius 2 is 1.32 bits per heavy atom. The molecular weight excluding hydrogens is 670 g/mol. The van der Waals surface area contributed by atoms with E-state index >= 15 is 8.78 Å². The lowest BCUT2D eigenvalue weighted by atomic mass is 9.94. The number of benzene rings is 2. The molecule has 3 rings (SSSR count). The van der Waals surface area contributed by atoms with Crippen molar-refractivity contribution in [1.82, 2.24) is 9.47 Å². The SMILES string of the molecule is CC(C)(C)OC(=O)N(C(=O)OC(C)(C)C)C(C)(CCCOc1cc(F)c(-n2c(N)c(C(=O)c3ccc(F)cc3F)ccc2=O)c(F)c1)C(=O)O. The lowest BCUT2D eigenvalue weighted by molar-refractivity contribution is -0.150. The number of pyridine rings is 1. The highest BCUT2D eigenvalue weighted by atomic mass is 19.1. The number of nitrogen functional groups attached to an aromatic ring is 1. The summed E-state index contributed by atoms with van der Waals surface area (Å²) in [6.45, 7) is 9.84. The van der Waals surface area contributed by atoms with Gasteiger partial charge in [0.05, 0.1) is 17.7 Å². The van der Waals surface area contributed by atoms with Crippen molar-refractivity contribution in [1.29, 1.82) is 0 Å². The number of amides is 2. The van der Waals surface area contributed by atoms with Crippen LogP contribution in [-0.4, -0.2) is 61.9 Å². The Labute approximate surface area is 284 Å². The summed E-state index contributed by atoms with van der Waals surface area (Å²) in [6, 6.07) is 5.24. The van der Waals surface area contributed by atoms with E-state index in [1.54, 1.807) is 0 Å². The molecular formula is C34H37F4N3O9. The van der Waals surface area contributed by atoms with Gasteiger partial charge in [-0.25, -0.2) is 31.9 Å². The van der Waals surface area contributed by atoms with Gasteiger partial charge >= 0.3 is 18.2 Å². The van der Waals surface area contributed by atoms with E-state index in [0.29, 0.717) is 27.7 Å². The van der Waals surface area contributed by atoms with Gasteiger partial charge in [-0.05, 0) is 79.5 Å². The number of aromatic nitrogens is 1. The number of imide groups is 1. The molecule has 0 bridgehead atoms. The Balaban J connectivity index is 1.87. The molecule has 0 fully saturated rings. The Hall–Kier alpha value is -5.41. The molecule has 0 saturated heterocycles. The van der Waals surface area contributed by atoms with Crippen molar-refractivity contribution in [2.75, 3.05) is 12.3 Å². The standard InChI is InChI=1S/C34H37F4N3O9/c1-32(2,3)49-30(46)41(31(47)50-33(4,5)6)34(7,29(44)45)13-8-14-48-19-16-23(37)26(24(38)17-19)40-25(42)12-11-21(28(40)39)27(43)20-10-9-18(35)15-22(20)36/h9-12,15-17H,8,13-14,39H2,1-7H3,(H,44,45). The molecule has 1 heterocycles. The third-order valence-electron chi connectivity index (χ3n) is 6.95. The second-order valence-corrected chi connectivity index (χ2v) is 13.3. The number of carbonyl (C=O) groups is 4. The number of nitrogens with zero attached hydrogens (tertiary/aromatic N) is 2. The molecule has 3 N–H and O–H groups in total. The van der Waals surface area contributed by atoms with Gasteiger partial charge in [0.1, 0.15) is 40.1 Å². The molecule has 0 aliphatic rings. The minimum Gasteiger partial charge on any atom is -0.493 e. The third kappa shape index (κ3) is 8.98. The minimum atomic E-state index is -2.22. The fourth-order valence-corrected chi connectivity index (χ4v) is 4.65. The van der Waals surface area contributed by atoms with Crippen LogP contribution in [0.1, 0.15) is 77.2 Å². The van der Waals surface area contributed by atoms with Gasteiger partial charge in [-0.2, -0.15) is 4.90 Å². The predicted octanol–water partition coefficient (Wildman–Crippen LogP) is 6.38. The van der Waals surface area contributed by atoms with E-state index in [0.717, 1.165) is 31.2 Å². The number of halogens is 4. The summed E-state index contributed by atoms with van der Waals surface area (Å²) in [5.41, 5.74) is -1.59. The first-order valence-corrected chi connectivity index (χ1v) is 15.1. The fourth-order valence-electron chi connectivity index (χ4n) is 4.65. The van der Waals surface area contributed by atoms with E-state index in [9.17, 15) is 37.9 Å². The van der Waals surface area contributed by atoms with Gasteiger partial charge in [0.2, 0.25) is 0 Å². The topological polar surface area (TPSA) is 167 Å². The van der Waals surface area contributed by atoms with Crippen LogP contribution in [0.15, 0.2) is 47.3 Å². The first kappa shape index (κ1) is 39.0. The number of hydrogen-bond acceptors (Lipinski definition) is 9. The average molecular weight is 708 g/mol. The first-order chi connectivity index (χ1) is 23.0. The third-order valence-corrected chi connectivity index (χ3v) is 6.95. The van der Waals surface area contributed by atoms with Crippen LogP contribution in [0.5, 0.6) is 5.75 Å². The smallest absolute Gasteiger partial charge is 0.420 e. The number of nitrogens with two attached hydrogens (primary N) is 1. The van der Waals surface area contributed by atoms with Crippen LogP contribution >= 0.6 is 0 Å². The van der Waals surface area contributed by atoms with Crippen LogP contribution in [-0.2, 0) is 14.3 Å². The maximum Gasteiger partial charge on any atom is 0.420 e. The second kappa shape index (κ2) is 14.6. The van der Waals surface area contributed by atoms with E-state index in [1.165, 1.54) is 41.5 Å². The maximum absolute atomic E-state index is 15.4. The Morgan fingerprint density at radius 1 is 0.800 bits per heavy atom. The van der Waals surface area contributed by atoms with Gasteiger partial charge < -0.3 is 25.1 Å². The van der Waals surface area contributed by atoms with Crippen molar-refractivity contribution < 1.29 is 56.1 Å². The van der Waals surface area contributed by atoms with Gasteiger partial charge in [-0.3, -0.25) is 14.2 Å². The van der Waals surface area contributed by atoms with Gasteiger partial charge in [0.15, 0.2) is 23.0 Å². The summed E-state index contributed by atoms with van der Waals surface area (Å²) < 4.78 is 74.7. The summed E-state index contributed by atoms with van der Waals surface area (Å²) in [4.78, 5) is 64.6. The Bertz CT molecular complexity index is 1830. The number of ketones is 1. The Morgan fingerprint density at radius 3 is 1.80 bits per heavy atom. The molecule has 3 aromatic rings. The average Bonchev–Trinajstić information content (AvgIpc) is 2.94. The number of rotatable bonds is 10. The highest BCUT2D eigenvalue weighted by molar-refractivity contribution is 6.11. The van der Waals surface area contributed by atoms with Crippen molar-refractivity contribution in [3.05, 3.63) is 87.2 Å². The van der Waals surface area contributed by atoms with Crippen molar-refractivity contribution >= 4 is 29.8 Å². The zero-order valence-electron chi connectivity index (χ0n) is 28.4. The molecule has 1 aromatic heterocycles. The summed E-state index contributed by atoms with van der Waals surface area (Å²) in [6.07, 6.45) is -3.14. The van der Waals surface area contributed by atoms with Crippen molar-refractivity contribution in [2.24, 2.45) is 0 Å². The predicted molar refractivity (Wildman–Crippen MR) is 171 cm³/mol. The number of ether oxygens (including phenoxy) is 3. The van der Waals surface area contributed by atoms with Crippen LogP contribution in [0.2, 0.25) is 0 Å². The van der Waals surface area contributed by atoms with E-state index in [-0.39, 0.29) is 13.0 Å². The number of hydrogen-bond donors (Lipinski definition) is 2. The van der Waals surface area contributed by atoms with Crippen LogP contribution in [0.25, 0.3) is 5.69 Å². The molecule has 2 aromatic carbocycles. The van der Waals surface area contributed by atoms with Crippen LogP contribution in [0.3, 0.4) is 0 Å². The summed E-state index contributed by atoms with van der Waals surface area (Å²) in [7, 11) is 0. The molecule has 270 valence electrons. The van der Waals surface area contributed by atoms with E-state index in [1.807, 2.05) is 0 Å². The number of carboxylic acid groups (broad SMARTS) is 1. The van der Waals surface area contributed by atoms with Gasteiger partial charge in [0.25, 0.3) is 5.56 Å². The van der Waals surface area contributed by atoms with Gasteiger partial charge in [-0.1, -0.05) is 0 Å². The van der Waals surface area contributed by atoms with E-state index in [4.69, 9.17) is 19.9 Å². The second-order valence-electron chi connectivity index (χ2n) is 13.3. The number of anilines is 1. The van der Waals surface area contributed by atoms with Crippen LogP contribution in [0.4, 0.5) is 33.0 Å². The fraction of sp³-hybridized carbons (Fsp3) is 0.382. The molecule has 0 spiro atoms. The molecule has 1 unspecified atom stereocenters. The number of aliphatic carboxylic acids is 1. The van der Waals surface area contributed by atoms with Gasteiger partial charge in [0, 0.05) is 24.3 Å². The molecule has 2 amide bonds. The van der Waals surface area contributed by atoms with Crippen molar-refractivity contribution in [2.45, 2.75) is 78.0 Å². The maximum atomic E-state index is 15.4. The molecule has 0 aliphatic heterocycles. The van der Waals surface area contributed by atoms with E-state index in [2.05, 4.69) is 0 Å². The number of carbonyl (C=O) groups excluding carboxylic acids is 3. The summed E-state index contributed by atoms with van der Waals surface area (Å²) >= 11 is 0. The zero-order chi connectivity index (χ0) is 37.9. The zero-order valence-corrected chi connectivity index (χ0v) is 28.4. The monoisotopic (exact) mass is 707 g/mol. The van der Waals surface area contributed by atoms with Gasteiger partial charge in [-0.15, -0.1) is 0 Å². The molecule has 1 atom stereocenters. The molecule has 12 nitrogen and oxygen atoms in total. The van der Waals surface area contributed by atoms with Crippen LogP contribution < -0.4 is 16.0 Å². The normalized spacial score (nSPS) is 12.9. The van der Waals surface area contributed by atoms with E-state index < -0.39 is 104 Å². The largest absolute Gasteiger partial charge is 0.493 e. The van der Waals surface area contributed by atoms with Crippen molar-refractivity contribution in [3.63, 3.8) is 0 Å². The summed E-state index contributed by atoms with van der Waals surface area (Å²) in [5, 5.41) is 10.1. The first-order valence-electron chi connectivity index (χ1n) is 15.1. The molecule has 16 heteroatoms. The van der Waals surface area contributed by atoms with Crippen LogP contribution in [0, 0.1) is 23.3 Å². The summed E-state index contributed by atoms with van der Waals surface area (Å²) in [5.74, 6) is -8.69. The molecule has 50 heavy (non-hydrogen) atoms.